The number of ether oxygens (including phenoxy) is 1. The van der Waals surface area contributed by atoms with E-state index in [9.17, 15) is 4.79 Å². The van der Waals surface area contributed by atoms with Gasteiger partial charge in [-0.15, -0.1) is 0 Å². The van der Waals surface area contributed by atoms with Crippen LogP contribution in [0.5, 0.6) is 5.75 Å². The van der Waals surface area contributed by atoms with E-state index in [-0.39, 0.29) is 5.91 Å². The van der Waals surface area contributed by atoms with E-state index in [1.807, 2.05) is 25.1 Å². The number of nitrogens with one attached hydrogen (secondary N) is 1. The highest BCUT2D eigenvalue weighted by Crippen LogP contribution is 2.13. The third kappa shape index (κ3) is 5.38. The quantitative estimate of drug-likeness (QED) is 0.738. The number of amides is 1. The lowest BCUT2D eigenvalue weighted by Gasteiger charge is -2.08. The van der Waals surface area contributed by atoms with Gasteiger partial charge >= 0.3 is 0 Å². The molecule has 0 spiro atoms. The lowest BCUT2D eigenvalue weighted by molar-refractivity contribution is -0.121. The van der Waals surface area contributed by atoms with Crippen molar-refractivity contribution in [3.05, 3.63) is 29.8 Å². The van der Waals surface area contributed by atoms with Crippen molar-refractivity contribution < 1.29 is 9.53 Å². The SMILES string of the molecule is CCCC(=O)NCCOc1cccc(CC)c1. The van der Waals surface area contributed by atoms with Crippen molar-refractivity contribution >= 4 is 5.91 Å². The van der Waals surface area contributed by atoms with Gasteiger partial charge in [-0.25, -0.2) is 0 Å². The zero-order chi connectivity index (χ0) is 12.5. The van der Waals surface area contributed by atoms with Crippen molar-refractivity contribution in [3.63, 3.8) is 0 Å². The van der Waals surface area contributed by atoms with Crippen LogP contribution in [0.2, 0.25) is 0 Å². The molecule has 0 bridgehead atoms. The number of hydrogen-bond acceptors (Lipinski definition) is 2. The van der Waals surface area contributed by atoms with Crippen molar-refractivity contribution in [2.24, 2.45) is 0 Å². The normalized spacial score (nSPS) is 10.0. The highest BCUT2D eigenvalue weighted by Gasteiger charge is 1.99. The van der Waals surface area contributed by atoms with Crippen LogP contribution in [0.3, 0.4) is 0 Å². The summed E-state index contributed by atoms with van der Waals surface area (Å²) in [5.41, 5.74) is 1.26. The third-order valence-electron chi connectivity index (χ3n) is 2.48. The minimum atomic E-state index is 0.0957. The maximum Gasteiger partial charge on any atom is 0.220 e. The molecule has 1 amide bonds. The summed E-state index contributed by atoms with van der Waals surface area (Å²) in [6.45, 7) is 5.19. The monoisotopic (exact) mass is 235 g/mol. The Morgan fingerprint density at radius 3 is 2.88 bits per heavy atom. The van der Waals surface area contributed by atoms with Crippen molar-refractivity contribution in [2.45, 2.75) is 33.1 Å². The Bertz CT molecular complexity index is 350. The molecule has 1 N–H and O–H groups in total. The number of carbonyl (C=O) groups is 1. The molecule has 0 saturated heterocycles. The molecular formula is C14H21NO2. The minimum absolute atomic E-state index is 0.0957. The molecule has 3 nitrogen and oxygen atoms in total. The average molecular weight is 235 g/mol. The molecule has 0 heterocycles. The van der Waals surface area contributed by atoms with E-state index in [0.717, 1.165) is 18.6 Å². The molecule has 1 aromatic carbocycles. The van der Waals surface area contributed by atoms with Gasteiger partial charge in [0, 0.05) is 6.42 Å². The van der Waals surface area contributed by atoms with E-state index >= 15 is 0 Å². The Hall–Kier alpha value is -1.51. The maximum atomic E-state index is 11.2. The van der Waals surface area contributed by atoms with Crippen LogP contribution >= 0.6 is 0 Å². The molecule has 17 heavy (non-hydrogen) atoms. The first-order valence-electron chi connectivity index (χ1n) is 6.24. The molecule has 1 rings (SSSR count). The van der Waals surface area contributed by atoms with E-state index in [2.05, 4.69) is 18.3 Å². The fourth-order valence-electron chi connectivity index (χ4n) is 1.53. The van der Waals surface area contributed by atoms with Gasteiger partial charge in [-0.1, -0.05) is 26.0 Å². The molecule has 0 aliphatic heterocycles. The molecule has 0 radical (unpaired) electrons. The average Bonchev–Trinajstić information content (AvgIpc) is 2.35. The third-order valence-corrected chi connectivity index (χ3v) is 2.48. The predicted molar refractivity (Wildman–Crippen MR) is 69.2 cm³/mol. The summed E-state index contributed by atoms with van der Waals surface area (Å²) >= 11 is 0. The smallest absolute Gasteiger partial charge is 0.220 e. The van der Waals surface area contributed by atoms with E-state index in [1.165, 1.54) is 5.56 Å². The van der Waals surface area contributed by atoms with Gasteiger partial charge in [0.1, 0.15) is 12.4 Å². The summed E-state index contributed by atoms with van der Waals surface area (Å²) in [4.78, 5) is 11.2. The molecule has 0 aromatic heterocycles. The second-order valence-corrected chi connectivity index (χ2v) is 3.95. The second-order valence-electron chi connectivity index (χ2n) is 3.95. The van der Waals surface area contributed by atoms with Gasteiger partial charge in [0.15, 0.2) is 0 Å². The maximum absolute atomic E-state index is 11.2. The molecule has 0 saturated carbocycles. The van der Waals surface area contributed by atoms with Gasteiger partial charge in [-0.2, -0.15) is 0 Å². The summed E-state index contributed by atoms with van der Waals surface area (Å²) in [6, 6.07) is 8.04. The van der Waals surface area contributed by atoms with Gasteiger partial charge in [-0.05, 0) is 30.5 Å². The van der Waals surface area contributed by atoms with Crippen LogP contribution in [0.4, 0.5) is 0 Å². The Labute approximate surface area is 103 Å². The topological polar surface area (TPSA) is 38.3 Å². The number of benzene rings is 1. The molecule has 0 fully saturated rings. The Morgan fingerprint density at radius 1 is 1.35 bits per heavy atom. The van der Waals surface area contributed by atoms with Crippen LogP contribution in [-0.2, 0) is 11.2 Å². The number of carbonyl (C=O) groups excluding carboxylic acids is 1. The number of hydrogen-bond donors (Lipinski definition) is 1. The standard InChI is InChI=1S/C14H21NO2/c1-3-6-14(16)15-9-10-17-13-8-5-7-12(4-2)11-13/h5,7-8,11H,3-4,6,9-10H2,1-2H3,(H,15,16). The van der Waals surface area contributed by atoms with Gasteiger partial charge in [0.2, 0.25) is 5.91 Å². The first-order valence-corrected chi connectivity index (χ1v) is 6.24. The van der Waals surface area contributed by atoms with E-state index in [4.69, 9.17) is 4.74 Å². The molecule has 94 valence electrons. The lowest BCUT2D eigenvalue weighted by Crippen LogP contribution is -2.27. The summed E-state index contributed by atoms with van der Waals surface area (Å²) in [7, 11) is 0. The van der Waals surface area contributed by atoms with Gasteiger partial charge in [0.05, 0.1) is 6.54 Å². The van der Waals surface area contributed by atoms with Crippen molar-refractivity contribution in [1.82, 2.24) is 5.32 Å². The Balaban J connectivity index is 2.24. The van der Waals surface area contributed by atoms with Crippen LogP contribution in [0.25, 0.3) is 0 Å². The van der Waals surface area contributed by atoms with Crippen LogP contribution in [0.1, 0.15) is 32.3 Å². The molecule has 3 heteroatoms. The summed E-state index contributed by atoms with van der Waals surface area (Å²) in [6.07, 6.45) is 2.47. The summed E-state index contributed by atoms with van der Waals surface area (Å²) in [5.74, 6) is 0.965. The highest BCUT2D eigenvalue weighted by molar-refractivity contribution is 5.75. The summed E-state index contributed by atoms with van der Waals surface area (Å²) < 4.78 is 5.56. The molecular weight excluding hydrogens is 214 g/mol. The van der Waals surface area contributed by atoms with Gasteiger partial charge in [-0.3, -0.25) is 4.79 Å². The highest BCUT2D eigenvalue weighted by atomic mass is 16.5. The van der Waals surface area contributed by atoms with Crippen molar-refractivity contribution in [3.8, 4) is 5.75 Å². The fraction of sp³-hybridized carbons (Fsp3) is 0.500. The Kier molecular flexibility index (Phi) is 6.15. The Morgan fingerprint density at radius 2 is 2.18 bits per heavy atom. The first kappa shape index (κ1) is 13.6. The van der Waals surface area contributed by atoms with E-state index in [0.29, 0.717) is 19.6 Å². The van der Waals surface area contributed by atoms with Gasteiger partial charge in [0.25, 0.3) is 0 Å². The fourth-order valence-corrected chi connectivity index (χ4v) is 1.53. The van der Waals surface area contributed by atoms with Crippen LogP contribution < -0.4 is 10.1 Å². The molecule has 0 aliphatic rings. The number of rotatable bonds is 7. The first-order chi connectivity index (χ1) is 8.26. The van der Waals surface area contributed by atoms with Crippen LogP contribution in [0.15, 0.2) is 24.3 Å². The lowest BCUT2D eigenvalue weighted by atomic mass is 10.2. The van der Waals surface area contributed by atoms with Crippen molar-refractivity contribution in [2.75, 3.05) is 13.2 Å². The molecule has 0 aliphatic carbocycles. The van der Waals surface area contributed by atoms with Gasteiger partial charge < -0.3 is 10.1 Å². The minimum Gasteiger partial charge on any atom is -0.492 e. The van der Waals surface area contributed by atoms with E-state index < -0.39 is 0 Å². The zero-order valence-electron chi connectivity index (χ0n) is 10.7. The van der Waals surface area contributed by atoms with E-state index in [1.54, 1.807) is 0 Å². The van der Waals surface area contributed by atoms with Crippen LogP contribution in [-0.4, -0.2) is 19.1 Å². The zero-order valence-corrected chi connectivity index (χ0v) is 10.7. The summed E-state index contributed by atoms with van der Waals surface area (Å²) in [5, 5.41) is 2.82. The predicted octanol–water partition coefficient (Wildman–Crippen LogP) is 2.54. The molecule has 1 aromatic rings. The largest absolute Gasteiger partial charge is 0.492 e. The number of aryl methyl sites for hydroxylation is 1. The molecule has 0 unspecified atom stereocenters. The van der Waals surface area contributed by atoms with Crippen LogP contribution in [0, 0.1) is 0 Å². The molecule has 0 atom stereocenters. The van der Waals surface area contributed by atoms with Crippen molar-refractivity contribution in [1.29, 1.82) is 0 Å². The second kappa shape index (κ2) is 7.71.